The molecule has 0 heterocycles. The van der Waals surface area contributed by atoms with Crippen LogP contribution in [0.1, 0.15) is 97.3 Å². The Labute approximate surface area is 152 Å². The van der Waals surface area contributed by atoms with Crippen molar-refractivity contribution in [3.63, 3.8) is 0 Å². The van der Waals surface area contributed by atoms with Crippen LogP contribution >= 0.6 is 0 Å². The van der Waals surface area contributed by atoms with Crippen molar-refractivity contribution in [1.29, 1.82) is 0 Å². The van der Waals surface area contributed by atoms with Gasteiger partial charge in [-0.25, -0.2) is 0 Å². The van der Waals surface area contributed by atoms with Gasteiger partial charge >= 0.3 is 0 Å². The predicted molar refractivity (Wildman–Crippen MR) is 99.2 cm³/mol. The molecule has 0 aromatic rings. The van der Waals surface area contributed by atoms with Crippen LogP contribution in [0.3, 0.4) is 0 Å². The zero-order chi connectivity index (χ0) is 17.7. The Balaban J connectivity index is 1.68. The highest BCUT2D eigenvalue weighted by molar-refractivity contribution is 6.09. The molecular weight excluding hydrogens is 310 g/mol. The van der Waals surface area contributed by atoms with Crippen LogP contribution in [0.2, 0.25) is 0 Å². The quantitative estimate of drug-likeness (QED) is 0.684. The maximum absolute atomic E-state index is 14.1. The first-order chi connectivity index (χ1) is 12.0. The molecule has 4 saturated carbocycles. The zero-order valence-electron chi connectivity index (χ0n) is 16.2. The molecule has 0 saturated heterocycles. The molecule has 0 spiro atoms. The van der Waals surface area contributed by atoms with Gasteiger partial charge in [0, 0.05) is 18.5 Å². The predicted octanol–water partition coefficient (Wildman–Crippen LogP) is 4.88. The molecule has 0 radical (unpaired) electrons. The molecule has 0 aromatic heterocycles. The molecule has 25 heavy (non-hydrogen) atoms. The van der Waals surface area contributed by atoms with Gasteiger partial charge in [0.15, 0.2) is 0 Å². The summed E-state index contributed by atoms with van der Waals surface area (Å²) in [6.07, 6.45) is 14.7. The Kier molecular flexibility index (Phi) is 4.48. The maximum atomic E-state index is 14.1. The van der Waals surface area contributed by atoms with Gasteiger partial charge in [-0.05, 0) is 49.9 Å². The molecule has 4 aliphatic rings. The second-order valence-electron chi connectivity index (χ2n) is 9.79. The largest absolute Gasteiger partial charge is 0.336 e. The SMILES string of the molecule is CC1(C)[C@H]2CC[C@]1(C(=O)N(C1CCCCC1)C1CCCCC1)C(=O)C2. The monoisotopic (exact) mass is 345 g/mol. The van der Waals surface area contributed by atoms with Crippen LogP contribution in [0.5, 0.6) is 0 Å². The van der Waals surface area contributed by atoms with E-state index in [1.165, 1.54) is 38.5 Å². The van der Waals surface area contributed by atoms with Gasteiger partial charge in [0.25, 0.3) is 0 Å². The number of hydrogen-bond donors (Lipinski definition) is 0. The summed E-state index contributed by atoms with van der Waals surface area (Å²) in [5, 5.41) is 0. The molecule has 2 atom stereocenters. The Morgan fingerprint density at radius 2 is 1.40 bits per heavy atom. The summed E-state index contributed by atoms with van der Waals surface area (Å²) in [7, 11) is 0. The fourth-order valence-corrected chi connectivity index (χ4v) is 6.75. The lowest BCUT2D eigenvalue weighted by Gasteiger charge is -2.47. The van der Waals surface area contributed by atoms with E-state index in [2.05, 4.69) is 18.7 Å². The summed E-state index contributed by atoms with van der Waals surface area (Å²) >= 11 is 0. The molecule has 140 valence electrons. The third kappa shape index (κ3) is 2.51. The van der Waals surface area contributed by atoms with E-state index in [9.17, 15) is 9.59 Å². The van der Waals surface area contributed by atoms with E-state index >= 15 is 0 Å². The number of carbonyl (C=O) groups excluding carboxylic acids is 2. The molecule has 0 unspecified atom stereocenters. The van der Waals surface area contributed by atoms with E-state index in [0.717, 1.165) is 38.5 Å². The van der Waals surface area contributed by atoms with Gasteiger partial charge in [-0.3, -0.25) is 9.59 Å². The summed E-state index contributed by atoms with van der Waals surface area (Å²) in [6, 6.07) is 0.781. The number of fused-ring (bicyclic) bond motifs is 2. The van der Waals surface area contributed by atoms with Crippen LogP contribution in [-0.2, 0) is 9.59 Å². The highest BCUT2D eigenvalue weighted by atomic mass is 16.2. The van der Waals surface area contributed by atoms with Crippen LogP contribution in [0.4, 0.5) is 0 Å². The summed E-state index contributed by atoms with van der Waals surface area (Å²) in [4.78, 5) is 29.4. The first-order valence-electron chi connectivity index (χ1n) is 10.8. The molecule has 4 fully saturated rings. The van der Waals surface area contributed by atoms with E-state index in [0.29, 0.717) is 24.4 Å². The molecule has 0 N–H and O–H groups in total. The van der Waals surface area contributed by atoms with Crippen molar-refractivity contribution in [3.05, 3.63) is 0 Å². The number of nitrogens with zero attached hydrogens (tertiary/aromatic N) is 1. The first kappa shape index (κ1) is 17.5. The van der Waals surface area contributed by atoms with Crippen molar-refractivity contribution >= 4 is 11.7 Å². The fraction of sp³-hybridized carbons (Fsp3) is 0.909. The second kappa shape index (κ2) is 6.39. The third-order valence-corrected chi connectivity index (χ3v) is 8.43. The van der Waals surface area contributed by atoms with E-state index < -0.39 is 5.41 Å². The van der Waals surface area contributed by atoms with Gasteiger partial charge in [-0.2, -0.15) is 0 Å². The molecular formula is C22H35NO2. The normalized spacial score (nSPS) is 35.9. The lowest BCUT2D eigenvalue weighted by molar-refractivity contribution is -0.158. The van der Waals surface area contributed by atoms with Gasteiger partial charge in [0.05, 0.1) is 0 Å². The van der Waals surface area contributed by atoms with Gasteiger partial charge in [-0.1, -0.05) is 52.4 Å². The molecule has 4 aliphatic carbocycles. The number of ketones is 1. The van der Waals surface area contributed by atoms with Crippen LogP contribution in [0, 0.1) is 16.7 Å². The molecule has 1 amide bonds. The van der Waals surface area contributed by atoms with Crippen molar-refractivity contribution < 1.29 is 9.59 Å². The van der Waals surface area contributed by atoms with E-state index in [-0.39, 0.29) is 17.1 Å². The molecule has 4 rings (SSSR count). The van der Waals surface area contributed by atoms with Crippen molar-refractivity contribution in [2.24, 2.45) is 16.7 Å². The van der Waals surface area contributed by atoms with Gasteiger partial charge < -0.3 is 4.90 Å². The number of rotatable bonds is 3. The molecule has 0 aromatic carbocycles. The van der Waals surface area contributed by atoms with Crippen molar-refractivity contribution in [1.82, 2.24) is 4.90 Å². The standard InChI is InChI=1S/C22H35NO2/c1-21(2)16-13-14-22(21,19(24)15-16)20(25)23(17-9-5-3-6-10-17)18-11-7-4-8-12-18/h16-18H,3-15H2,1-2H3/t16-,22+/m0/s1. The summed E-state index contributed by atoms with van der Waals surface area (Å²) in [5.74, 6) is 0.917. The number of hydrogen-bond acceptors (Lipinski definition) is 2. The van der Waals surface area contributed by atoms with Crippen molar-refractivity contribution in [2.75, 3.05) is 0 Å². The minimum Gasteiger partial charge on any atom is -0.336 e. The summed E-state index contributed by atoms with van der Waals surface area (Å²) < 4.78 is 0. The first-order valence-corrected chi connectivity index (χ1v) is 10.8. The average molecular weight is 346 g/mol. The van der Waals surface area contributed by atoms with E-state index in [4.69, 9.17) is 0 Å². The Morgan fingerprint density at radius 3 is 1.80 bits per heavy atom. The molecule has 0 aliphatic heterocycles. The van der Waals surface area contributed by atoms with Crippen molar-refractivity contribution in [3.8, 4) is 0 Å². The van der Waals surface area contributed by atoms with E-state index in [1.807, 2.05) is 0 Å². The van der Waals surface area contributed by atoms with Crippen LogP contribution < -0.4 is 0 Å². The minimum absolute atomic E-state index is 0.150. The van der Waals surface area contributed by atoms with Crippen molar-refractivity contribution in [2.45, 2.75) is 109 Å². The zero-order valence-corrected chi connectivity index (χ0v) is 16.2. The Bertz CT molecular complexity index is 524. The number of Topliss-reactive ketones (excluding diaryl/α,β-unsaturated/α-hetero) is 1. The number of carbonyl (C=O) groups is 2. The summed E-state index contributed by atoms with van der Waals surface area (Å²) in [5.41, 5.74) is -0.852. The molecule has 3 heteroatoms. The third-order valence-electron chi connectivity index (χ3n) is 8.43. The average Bonchev–Trinajstić information content (AvgIpc) is 2.99. The topological polar surface area (TPSA) is 37.4 Å². The van der Waals surface area contributed by atoms with Crippen LogP contribution in [0.25, 0.3) is 0 Å². The minimum atomic E-state index is -0.702. The van der Waals surface area contributed by atoms with Gasteiger partial charge in [0.1, 0.15) is 11.2 Å². The van der Waals surface area contributed by atoms with Crippen LogP contribution in [-0.4, -0.2) is 28.7 Å². The Hall–Kier alpha value is -0.860. The summed E-state index contributed by atoms with van der Waals surface area (Å²) in [6.45, 7) is 4.40. The van der Waals surface area contributed by atoms with Gasteiger partial charge in [0.2, 0.25) is 5.91 Å². The fourth-order valence-electron chi connectivity index (χ4n) is 6.75. The molecule has 2 bridgehead atoms. The highest BCUT2D eigenvalue weighted by Crippen LogP contribution is 2.64. The lowest BCUT2D eigenvalue weighted by Crippen LogP contribution is -2.58. The highest BCUT2D eigenvalue weighted by Gasteiger charge is 2.69. The Morgan fingerprint density at radius 1 is 0.880 bits per heavy atom. The lowest BCUT2D eigenvalue weighted by atomic mass is 9.67. The van der Waals surface area contributed by atoms with E-state index in [1.54, 1.807) is 0 Å². The van der Waals surface area contributed by atoms with Gasteiger partial charge in [-0.15, -0.1) is 0 Å². The second-order valence-corrected chi connectivity index (χ2v) is 9.79. The number of amides is 1. The maximum Gasteiger partial charge on any atom is 0.237 e. The van der Waals surface area contributed by atoms with Crippen LogP contribution in [0.15, 0.2) is 0 Å². The molecule has 3 nitrogen and oxygen atoms in total. The smallest absolute Gasteiger partial charge is 0.237 e.